The molecule has 2 rings (SSSR count). The second-order valence-electron chi connectivity index (χ2n) is 3.33. The summed E-state index contributed by atoms with van der Waals surface area (Å²) < 4.78 is 0. The normalized spacial score (nSPS) is 18.1. The molecule has 0 aromatic carbocycles. The first-order valence-corrected chi connectivity index (χ1v) is 5.35. The first kappa shape index (κ1) is 8.67. The van der Waals surface area contributed by atoms with Gasteiger partial charge in [0.1, 0.15) is 6.04 Å². The predicted octanol–water partition coefficient (Wildman–Crippen LogP) is 1.71. The van der Waals surface area contributed by atoms with Gasteiger partial charge >= 0.3 is 0 Å². The lowest BCUT2D eigenvalue weighted by molar-refractivity contribution is 0.585. The Morgan fingerprint density at radius 1 is 1.77 bits per heavy atom. The molecule has 1 N–H and O–H groups in total. The van der Waals surface area contributed by atoms with E-state index >= 15 is 0 Å². The number of nitriles is 1. The summed E-state index contributed by atoms with van der Waals surface area (Å²) in [5.41, 5.74) is 2.62. The molecule has 1 fully saturated rings. The van der Waals surface area contributed by atoms with Gasteiger partial charge in [0.05, 0.1) is 17.3 Å². The van der Waals surface area contributed by atoms with E-state index in [2.05, 4.69) is 16.4 Å². The molecule has 1 atom stereocenters. The molecule has 3 nitrogen and oxygen atoms in total. The van der Waals surface area contributed by atoms with E-state index in [9.17, 15) is 0 Å². The molecule has 0 spiro atoms. The lowest BCUT2D eigenvalue weighted by atomic mass is 10.2. The molecule has 1 saturated carbocycles. The Morgan fingerprint density at radius 3 is 3.15 bits per heavy atom. The highest BCUT2D eigenvalue weighted by molar-refractivity contribution is 7.07. The summed E-state index contributed by atoms with van der Waals surface area (Å²) in [6.45, 7) is 0.954. The Kier molecular flexibility index (Phi) is 2.57. The fraction of sp³-hybridized carbons (Fsp3) is 0.556. The lowest BCUT2D eigenvalue weighted by Crippen LogP contribution is -2.22. The van der Waals surface area contributed by atoms with Crippen LogP contribution in [0.1, 0.15) is 24.6 Å². The fourth-order valence-electron chi connectivity index (χ4n) is 1.19. The zero-order valence-electron chi connectivity index (χ0n) is 7.23. The molecule has 1 heterocycles. The summed E-state index contributed by atoms with van der Waals surface area (Å²) in [6.07, 6.45) is 2.62. The smallest absolute Gasteiger partial charge is 0.139 e. The van der Waals surface area contributed by atoms with Gasteiger partial charge in [-0.25, -0.2) is 4.98 Å². The predicted molar refractivity (Wildman–Crippen MR) is 51.2 cm³/mol. The quantitative estimate of drug-likeness (QED) is 0.792. The van der Waals surface area contributed by atoms with Gasteiger partial charge in [0.2, 0.25) is 0 Å². The average molecular weight is 193 g/mol. The van der Waals surface area contributed by atoms with Crippen molar-refractivity contribution < 1.29 is 0 Å². The molecule has 0 amide bonds. The number of rotatable bonds is 4. The van der Waals surface area contributed by atoms with E-state index in [1.807, 2.05) is 5.38 Å². The Morgan fingerprint density at radius 2 is 2.62 bits per heavy atom. The summed E-state index contributed by atoms with van der Waals surface area (Å²) in [4.78, 5) is 4.12. The monoisotopic (exact) mass is 193 g/mol. The molecule has 1 aromatic rings. The van der Waals surface area contributed by atoms with Crippen LogP contribution in [0, 0.1) is 17.2 Å². The van der Waals surface area contributed by atoms with Gasteiger partial charge in [0.25, 0.3) is 0 Å². The van der Waals surface area contributed by atoms with Crippen molar-refractivity contribution in [1.82, 2.24) is 10.3 Å². The molecule has 1 aliphatic carbocycles. The van der Waals surface area contributed by atoms with Crippen molar-refractivity contribution in [3.05, 3.63) is 16.6 Å². The topological polar surface area (TPSA) is 48.7 Å². The van der Waals surface area contributed by atoms with Crippen molar-refractivity contribution in [2.24, 2.45) is 5.92 Å². The molecular weight excluding hydrogens is 182 g/mol. The minimum absolute atomic E-state index is 0.216. The number of nitrogens with one attached hydrogen (secondary N) is 1. The van der Waals surface area contributed by atoms with Gasteiger partial charge in [-0.2, -0.15) is 5.26 Å². The van der Waals surface area contributed by atoms with Crippen molar-refractivity contribution in [2.75, 3.05) is 6.54 Å². The summed E-state index contributed by atoms with van der Waals surface area (Å²) >= 11 is 1.53. The SMILES string of the molecule is N#CC(NCC1CC1)c1cscn1. The van der Waals surface area contributed by atoms with Crippen molar-refractivity contribution >= 4 is 11.3 Å². The van der Waals surface area contributed by atoms with E-state index < -0.39 is 0 Å². The molecule has 1 unspecified atom stereocenters. The molecular formula is C9H11N3S. The number of thiazole rings is 1. The Hall–Kier alpha value is -0.920. The third-order valence-corrected chi connectivity index (χ3v) is 2.79. The van der Waals surface area contributed by atoms with Crippen LogP contribution in [0.5, 0.6) is 0 Å². The summed E-state index contributed by atoms with van der Waals surface area (Å²) in [6, 6.07) is 2.00. The second kappa shape index (κ2) is 3.86. The second-order valence-corrected chi connectivity index (χ2v) is 4.05. The Bertz CT molecular complexity index is 297. The van der Waals surface area contributed by atoms with Crippen LogP contribution in [0.2, 0.25) is 0 Å². The highest BCUT2D eigenvalue weighted by Crippen LogP contribution is 2.28. The van der Waals surface area contributed by atoms with Crippen LogP contribution in [0.15, 0.2) is 10.9 Å². The molecule has 68 valence electrons. The van der Waals surface area contributed by atoms with Crippen LogP contribution < -0.4 is 5.32 Å². The standard InChI is InChI=1S/C9H11N3S/c10-3-8(9-5-13-6-12-9)11-4-7-1-2-7/h5-8,11H,1-2,4H2. The minimum Gasteiger partial charge on any atom is -0.297 e. The van der Waals surface area contributed by atoms with E-state index in [1.54, 1.807) is 5.51 Å². The van der Waals surface area contributed by atoms with Crippen LogP contribution in [0.3, 0.4) is 0 Å². The summed E-state index contributed by atoms with van der Waals surface area (Å²) in [5.74, 6) is 0.800. The highest BCUT2D eigenvalue weighted by atomic mass is 32.1. The zero-order valence-corrected chi connectivity index (χ0v) is 8.05. The molecule has 0 aliphatic heterocycles. The highest BCUT2D eigenvalue weighted by Gasteiger charge is 2.22. The third-order valence-electron chi connectivity index (χ3n) is 2.18. The molecule has 0 radical (unpaired) electrons. The molecule has 0 bridgehead atoms. The van der Waals surface area contributed by atoms with Gasteiger partial charge in [-0.05, 0) is 25.3 Å². The van der Waals surface area contributed by atoms with Gasteiger partial charge in [0.15, 0.2) is 0 Å². The summed E-state index contributed by atoms with van der Waals surface area (Å²) in [7, 11) is 0. The number of nitrogens with zero attached hydrogens (tertiary/aromatic N) is 2. The van der Waals surface area contributed by atoms with Crippen LogP contribution in [-0.4, -0.2) is 11.5 Å². The Balaban J connectivity index is 1.89. The Labute approximate surface area is 81.4 Å². The van der Waals surface area contributed by atoms with Crippen molar-refractivity contribution in [3.63, 3.8) is 0 Å². The first-order valence-electron chi connectivity index (χ1n) is 4.41. The minimum atomic E-state index is -0.216. The zero-order chi connectivity index (χ0) is 9.10. The van der Waals surface area contributed by atoms with E-state index in [-0.39, 0.29) is 6.04 Å². The number of aromatic nitrogens is 1. The maximum atomic E-state index is 8.88. The molecule has 4 heteroatoms. The van der Waals surface area contributed by atoms with Gasteiger partial charge in [-0.3, -0.25) is 5.32 Å². The van der Waals surface area contributed by atoms with E-state index in [1.165, 1.54) is 24.2 Å². The average Bonchev–Trinajstić information content (AvgIpc) is 2.81. The van der Waals surface area contributed by atoms with Gasteiger partial charge in [-0.15, -0.1) is 11.3 Å². The van der Waals surface area contributed by atoms with Crippen molar-refractivity contribution in [2.45, 2.75) is 18.9 Å². The van der Waals surface area contributed by atoms with Crippen LogP contribution in [0.25, 0.3) is 0 Å². The van der Waals surface area contributed by atoms with Crippen molar-refractivity contribution in [3.8, 4) is 6.07 Å². The van der Waals surface area contributed by atoms with Crippen LogP contribution in [0.4, 0.5) is 0 Å². The number of hydrogen-bond donors (Lipinski definition) is 1. The third kappa shape index (κ3) is 2.27. The van der Waals surface area contributed by atoms with Crippen LogP contribution in [-0.2, 0) is 0 Å². The largest absolute Gasteiger partial charge is 0.297 e. The first-order chi connectivity index (χ1) is 6.40. The van der Waals surface area contributed by atoms with Crippen molar-refractivity contribution in [1.29, 1.82) is 5.26 Å². The lowest BCUT2D eigenvalue weighted by Gasteiger charge is -2.07. The van der Waals surface area contributed by atoms with E-state index in [0.29, 0.717) is 0 Å². The van der Waals surface area contributed by atoms with E-state index in [4.69, 9.17) is 5.26 Å². The summed E-state index contributed by atoms with van der Waals surface area (Å²) in [5, 5.41) is 14.0. The maximum Gasteiger partial charge on any atom is 0.139 e. The van der Waals surface area contributed by atoms with E-state index in [0.717, 1.165) is 18.2 Å². The molecule has 13 heavy (non-hydrogen) atoms. The molecule has 1 aromatic heterocycles. The van der Waals surface area contributed by atoms with Crippen LogP contribution >= 0.6 is 11.3 Å². The molecule has 0 saturated heterocycles. The van der Waals surface area contributed by atoms with Gasteiger partial charge < -0.3 is 0 Å². The molecule has 1 aliphatic rings. The van der Waals surface area contributed by atoms with Gasteiger partial charge in [-0.1, -0.05) is 0 Å². The fourth-order valence-corrected chi connectivity index (χ4v) is 1.77. The number of hydrogen-bond acceptors (Lipinski definition) is 4. The van der Waals surface area contributed by atoms with Gasteiger partial charge in [0, 0.05) is 5.38 Å². The maximum absolute atomic E-state index is 8.88.